The van der Waals surface area contributed by atoms with Gasteiger partial charge in [-0.05, 0) is 41.4 Å². The zero-order chi connectivity index (χ0) is 12.5. The van der Waals surface area contributed by atoms with Crippen LogP contribution >= 0.6 is 0 Å². The Labute approximate surface area is 104 Å². The summed E-state index contributed by atoms with van der Waals surface area (Å²) in [5.74, 6) is 0. The lowest BCUT2D eigenvalue weighted by atomic mass is 9.86. The highest BCUT2D eigenvalue weighted by Gasteiger charge is 2.18. The van der Waals surface area contributed by atoms with E-state index in [-0.39, 0.29) is 5.41 Å². The molecule has 0 saturated carbocycles. The molecule has 0 spiro atoms. The Hall–Kier alpha value is -1.08. The summed E-state index contributed by atoms with van der Waals surface area (Å²) in [5, 5.41) is 10.2. The second kappa shape index (κ2) is 4.66. The molecule has 0 saturated heterocycles. The first-order valence-electron chi connectivity index (χ1n) is 6.46. The summed E-state index contributed by atoms with van der Waals surface area (Å²) < 4.78 is 0. The quantitative estimate of drug-likeness (QED) is 0.757. The van der Waals surface area contributed by atoms with Gasteiger partial charge in [0.1, 0.15) is 6.10 Å². The van der Waals surface area contributed by atoms with Crippen molar-refractivity contribution in [1.29, 1.82) is 0 Å². The first-order valence-corrected chi connectivity index (χ1v) is 6.46. The number of allylic oxidation sites excluding steroid dienone is 1. The molecule has 0 bridgehead atoms. The zero-order valence-electron chi connectivity index (χ0n) is 11.0. The molecule has 0 aliphatic heterocycles. The van der Waals surface area contributed by atoms with E-state index in [4.69, 9.17) is 0 Å². The van der Waals surface area contributed by atoms with Gasteiger partial charge in [-0.1, -0.05) is 51.1 Å². The van der Waals surface area contributed by atoms with Crippen molar-refractivity contribution in [3.05, 3.63) is 47.0 Å². The number of hydrogen-bond donors (Lipinski definition) is 1. The highest BCUT2D eigenvalue weighted by atomic mass is 16.3. The van der Waals surface area contributed by atoms with E-state index >= 15 is 0 Å². The summed E-state index contributed by atoms with van der Waals surface area (Å²) in [4.78, 5) is 0. The van der Waals surface area contributed by atoms with Gasteiger partial charge in [0.15, 0.2) is 0 Å². The number of aliphatic hydroxyl groups is 1. The van der Waals surface area contributed by atoms with Crippen molar-refractivity contribution in [1.82, 2.24) is 0 Å². The molecule has 1 N–H and O–H groups in total. The van der Waals surface area contributed by atoms with Gasteiger partial charge < -0.3 is 5.11 Å². The van der Waals surface area contributed by atoms with Gasteiger partial charge in [-0.2, -0.15) is 0 Å². The predicted molar refractivity (Wildman–Crippen MR) is 72.0 cm³/mol. The Morgan fingerprint density at radius 3 is 2.24 bits per heavy atom. The maximum Gasteiger partial charge on any atom is 0.100 e. The van der Waals surface area contributed by atoms with Crippen molar-refractivity contribution < 1.29 is 5.11 Å². The molecule has 0 radical (unpaired) electrons. The maximum atomic E-state index is 10.2. The van der Waals surface area contributed by atoms with E-state index in [9.17, 15) is 5.11 Å². The van der Waals surface area contributed by atoms with Crippen molar-refractivity contribution in [3.63, 3.8) is 0 Å². The van der Waals surface area contributed by atoms with E-state index in [2.05, 4.69) is 51.1 Å². The first kappa shape index (κ1) is 12.4. The second-order valence-corrected chi connectivity index (χ2v) is 5.95. The average Bonchev–Trinajstić information content (AvgIpc) is 2.80. The van der Waals surface area contributed by atoms with E-state index in [1.54, 1.807) is 0 Å². The summed E-state index contributed by atoms with van der Waals surface area (Å²) in [6.07, 6.45) is 5.13. The van der Waals surface area contributed by atoms with E-state index < -0.39 is 6.10 Å². The molecule has 0 amide bonds. The third-order valence-electron chi connectivity index (χ3n) is 3.52. The lowest BCUT2D eigenvalue weighted by Gasteiger charge is -2.20. The van der Waals surface area contributed by atoms with Crippen LogP contribution in [0.1, 0.15) is 57.3 Å². The second-order valence-electron chi connectivity index (χ2n) is 5.95. The largest absolute Gasteiger partial charge is 0.384 e. The summed E-state index contributed by atoms with van der Waals surface area (Å²) in [5.41, 5.74) is 3.70. The molecule has 1 aromatic carbocycles. The molecule has 1 aliphatic rings. The maximum absolute atomic E-state index is 10.2. The topological polar surface area (TPSA) is 20.2 Å². The molecule has 1 heteroatoms. The minimum atomic E-state index is -0.397. The smallest absolute Gasteiger partial charge is 0.100 e. The standard InChI is InChI=1S/C16H22O/c1-16(2,3)14-10-8-13(9-11-14)15(17)12-6-4-5-7-12/h6,8-11,15,17H,4-5,7H2,1-3H3. The first-order chi connectivity index (χ1) is 7.98. The molecule has 1 aliphatic carbocycles. The monoisotopic (exact) mass is 230 g/mol. The van der Waals surface area contributed by atoms with Crippen LogP contribution in [0.4, 0.5) is 0 Å². The average molecular weight is 230 g/mol. The van der Waals surface area contributed by atoms with Gasteiger partial charge in [0.05, 0.1) is 0 Å². The van der Waals surface area contributed by atoms with Crippen molar-refractivity contribution >= 4 is 0 Å². The Morgan fingerprint density at radius 2 is 1.76 bits per heavy atom. The third kappa shape index (κ3) is 2.78. The number of benzene rings is 1. The molecular formula is C16H22O. The zero-order valence-corrected chi connectivity index (χ0v) is 11.0. The molecule has 2 rings (SSSR count). The van der Waals surface area contributed by atoms with Crippen LogP contribution in [-0.2, 0) is 5.41 Å². The molecule has 92 valence electrons. The van der Waals surface area contributed by atoms with E-state index in [1.807, 2.05) is 0 Å². The van der Waals surface area contributed by atoms with Crippen LogP contribution in [0.5, 0.6) is 0 Å². The van der Waals surface area contributed by atoms with Crippen molar-refractivity contribution in [2.75, 3.05) is 0 Å². The van der Waals surface area contributed by atoms with Crippen LogP contribution in [0.3, 0.4) is 0 Å². The minimum Gasteiger partial charge on any atom is -0.384 e. The van der Waals surface area contributed by atoms with Crippen molar-refractivity contribution in [2.45, 2.75) is 51.6 Å². The summed E-state index contributed by atoms with van der Waals surface area (Å²) in [6, 6.07) is 8.39. The summed E-state index contributed by atoms with van der Waals surface area (Å²) in [6.45, 7) is 6.62. The Kier molecular flexibility index (Phi) is 3.39. The SMILES string of the molecule is CC(C)(C)c1ccc(C(O)C2=CCCC2)cc1. The lowest BCUT2D eigenvalue weighted by Crippen LogP contribution is -2.11. The fourth-order valence-corrected chi connectivity index (χ4v) is 2.32. The molecule has 0 heterocycles. The van der Waals surface area contributed by atoms with Crippen LogP contribution in [0.15, 0.2) is 35.9 Å². The molecule has 1 unspecified atom stereocenters. The van der Waals surface area contributed by atoms with Crippen LogP contribution in [-0.4, -0.2) is 5.11 Å². The molecule has 0 fully saturated rings. The highest BCUT2D eigenvalue weighted by molar-refractivity contribution is 5.32. The Morgan fingerprint density at radius 1 is 1.12 bits per heavy atom. The van der Waals surface area contributed by atoms with Gasteiger partial charge >= 0.3 is 0 Å². The van der Waals surface area contributed by atoms with E-state index in [0.29, 0.717) is 0 Å². The Bertz CT molecular complexity index is 406. The van der Waals surface area contributed by atoms with E-state index in [1.165, 1.54) is 17.6 Å². The van der Waals surface area contributed by atoms with Crippen molar-refractivity contribution in [2.24, 2.45) is 0 Å². The van der Waals surface area contributed by atoms with Crippen LogP contribution < -0.4 is 0 Å². The lowest BCUT2D eigenvalue weighted by molar-refractivity contribution is 0.212. The van der Waals surface area contributed by atoms with Crippen LogP contribution in [0.25, 0.3) is 0 Å². The molecular weight excluding hydrogens is 208 g/mol. The van der Waals surface area contributed by atoms with Gasteiger partial charge in [0, 0.05) is 0 Å². The molecule has 0 aromatic heterocycles. The number of rotatable bonds is 2. The molecule has 1 aromatic rings. The van der Waals surface area contributed by atoms with Gasteiger partial charge in [0.25, 0.3) is 0 Å². The van der Waals surface area contributed by atoms with Gasteiger partial charge in [-0.25, -0.2) is 0 Å². The summed E-state index contributed by atoms with van der Waals surface area (Å²) in [7, 11) is 0. The highest BCUT2D eigenvalue weighted by Crippen LogP contribution is 2.31. The minimum absolute atomic E-state index is 0.177. The van der Waals surface area contributed by atoms with Crippen LogP contribution in [0.2, 0.25) is 0 Å². The van der Waals surface area contributed by atoms with Gasteiger partial charge in [-0.3, -0.25) is 0 Å². The van der Waals surface area contributed by atoms with E-state index in [0.717, 1.165) is 18.4 Å². The third-order valence-corrected chi connectivity index (χ3v) is 3.52. The molecule has 1 atom stereocenters. The normalized spacial score (nSPS) is 18.0. The molecule has 1 nitrogen and oxygen atoms in total. The fraction of sp³-hybridized carbons (Fsp3) is 0.500. The predicted octanol–water partition coefficient (Wildman–Crippen LogP) is 4.13. The van der Waals surface area contributed by atoms with Gasteiger partial charge in [-0.15, -0.1) is 0 Å². The summed E-state index contributed by atoms with van der Waals surface area (Å²) >= 11 is 0. The number of aliphatic hydroxyl groups excluding tert-OH is 1. The van der Waals surface area contributed by atoms with Crippen LogP contribution in [0, 0.1) is 0 Å². The Balaban J connectivity index is 2.18. The molecule has 17 heavy (non-hydrogen) atoms. The number of hydrogen-bond acceptors (Lipinski definition) is 1. The van der Waals surface area contributed by atoms with Crippen molar-refractivity contribution in [3.8, 4) is 0 Å². The van der Waals surface area contributed by atoms with Gasteiger partial charge in [0.2, 0.25) is 0 Å². The fourth-order valence-electron chi connectivity index (χ4n) is 2.32.